The minimum Gasteiger partial charge on any atom is -0.490 e. The van der Waals surface area contributed by atoms with E-state index in [0.717, 1.165) is 50.6 Å². The van der Waals surface area contributed by atoms with Crippen LogP contribution in [0.5, 0.6) is 5.75 Å². The maximum atomic E-state index is 14.1. The molecule has 1 aromatic rings. The van der Waals surface area contributed by atoms with Gasteiger partial charge in [-0.25, -0.2) is 0 Å². The molecule has 0 aromatic heterocycles. The van der Waals surface area contributed by atoms with Crippen molar-refractivity contribution in [2.24, 2.45) is 74.9 Å². The number of allylic oxidation sites excluding steroid dienone is 2. The minimum absolute atomic E-state index is 0.0363. The number of hydrogen-bond acceptors (Lipinski definition) is 7. The molecule has 9 nitrogen and oxygen atoms in total. The van der Waals surface area contributed by atoms with E-state index in [1.807, 2.05) is 20.8 Å². The molecule has 1 aromatic carbocycles. The smallest absolute Gasteiger partial charge is 0.306 e. The highest BCUT2D eigenvalue weighted by Gasteiger charge is 2.66. The fourth-order valence-electron chi connectivity index (χ4n) is 15.3. The number of aliphatic carboxylic acids is 1. The van der Waals surface area contributed by atoms with Crippen LogP contribution in [0.15, 0.2) is 29.3 Å². The molecule has 3 N–H and O–H groups in total. The number of halogens is 1. The molecule has 0 heterocycles. The zero-order chi connectivity index (χ0) is 45.2. The zero-order valence-corrected chi connectivity index (χ0v) is 40.3. The van der Waals surface area contributed by atoms with Gasteiger partial charge in [-0.2, -0.15) is 0 Å². The monoisotopic (exact) mass is 877 g/mol. The number of benzene rings is 1. The number of carbonyl (C=O) groups excluding carboxylic acids is 3. The Morgan fingerprint density at radius 2 is 1.68 bits per heavy atom. The molecular weight excluding hydrogens is 800 g/mol. The molecule has 11 unspecified atom stereocenters. The van der Waals surface area contributed by atoms with Crippen molar-refractivity contribution in [2.75, 3.05) is 33.4 Å². The van der Waals surface area contributed by atoms with E-state index in [2.05, 4.69) is 52.2 Å². The average molecular weight is 878 g/mol. The van der Waals surface area contributed by atoms with Crippen molar-refractivity contribution in [1.29, 1.82) is 0 Å². The molecular formula is C52H77ClN2O7. The number of nitrogens with one attached hydrogen (secondary N) is 2. The second-order valence-corrected chi connectivity index (χ2v) is 23.4. The van der Waals surface area contributed by atoms with Gasteiger partial charge in [-0.3, -0.25) is 19.2 Å². The number of ketones is 2. The van der Waals surface area contributed by atoms with E-state index >= 15 is 0 Å². The minimum atomic E-state index is -0.762. The third kappa shape index (κ3) is 8.35. The SMILES string of the molecule is COCCOc1cc(Cl)ccc1C(=O)NC(C)(C)CNCCC12CCC3C(CCC4C3(C)CCC3C(C)(C)C(CC(=O)C5CC(C(=O)O)C5C)CCC34C)C1=C(C(C)C)C(=O)C2. The fraction of sp³-hybridized carbons (Fsp3) is 0.769. The number of carboxylic acids is 1. The molecule has 5 saturated carbocycles. The van der Waals surface area contributed by atoms with Crippen LogP contribution in [0.2, 0.25) is 5.02 Å². The van der Waals surface area contributed by atoms with Crippen LogP contribution in [0.4, 0.5) is 0 Å². The highest BCUT2D eigenvalue weighted by molar-refractivity contribution is 6.30. The normalized spacial score (nSPS) is 36.2. The molecule has 1 amide bonds. The van der Waals surface area contributed by atoms with Gasteiger partial charge in [0, 0.05) is 48.4 Å². The molecule has 0 bridgehead atoms. The highest BCUT2D eigenvalue weighted by atomic mass is 35.5. The summed E-state index contributed by atoms with van der Waals surface area (Å²) in [6, 6.07) is 5.06. The summed E-state index contributed by atoms with van der Waals surface area (Å²) in [4.78, 5) is 53.0. The second kappa shape index (κ2) is 17.6. The summed E-state index contributed by atoms with van der Waals surface area (Å²) in [7, 11) is 1.61. The lowest BCUT2D eigenvalue weighted by molar-refractivity contribution is -0.193. The predicted octanol–water partition coefficient (Wildman–Crippen LogP) is 10.4. The van der Waals surface area contributed by atoms with Gasteiger partial charge >= 0.3 is 5.97 Å². The Kier molecular flexibility index (Phi) is 13.4. The Hall–Kier alpha value is -2.75. The second-order valence-electron chi connectivity index (χ2n) is 23.0. The number of carboxylic acid groups (broad SMARTS) is 1. The highest BCUT2D eigenvalue weighted by Crippen LogP contribution is 2.74. The van der Waals surface area contributed by atoms with Crippen molar-refractivity contribution in [3.8, 4) is 5.75 Å². The van der Waals surface area contributed by atoms with Crippen LogP contribution in [0.3, 0.4) is 0 Å². The van der Waals surface area contributed by atoms with Gasteiger partial charge in [0.25, 0.3) is 5.91 Å². The topological polar surface area (TPSA) is 131 Å². The predicted molar refractivity (Wildman–Crippen MR) is 244 cm³/mol. The van der Waals surface area contributed by atoms with Gasteiger partial charge in [-0.05, 0) is 166 Å². The van der Waals surface area contributed by atoms with Gasteiger partial charge in [0.2, 0.25) is 0 Å². The Labute approximate surface area is 377 Å². The van der Waals surface area contributed by atoms with Crippen molar-refractivity contribution >= 4 is 35.0 Å². The van der Waals surface area contributed by atoms with Crippen molar-refractivity contribution in [1.82, 2.24) is 10.6 Å². The van der Waals surface area contributed by atoms with E-state index in [4.69, 9.17) is 21.1 Å². The summed E-state index contributed by atoms with van der Waals surface area (Å²) >= 11 is 6.25. The molecule has 10 heteroatoms. The van der Waals surface area contributed by atoms with Gasteiger partial charge in [0.15, 0.2) is 5.78 Å². The summed E-state index contributed by atoms with van der Waals surface area (Å²) < 4.78 is 11.0. The van der Waals surface area contributed by atoms with Gasteiger partial charge in [-0.15, -0.1) is 0 Å². The zero-order valence-electron chi connectivity index (χ0n) is 39.5. The first-order chi connectivity index (χ1) is 29.1. The lowest BCUT2D eigenvalue weighted by Gasteiger charge is -2.69. The molecule has 0 spiro atoms. The number of ether oxygens (including phenoxy) is 2. The number of methoxy groups -OCH3 is 1. The largest absolute Gasteiger partial charge is 0.490 e. The maximum Gasteiger partial charge on any atom is 0.306 e. The first-order valence-electron chi connectivity index (χ1n) is 24.1. The number of amides is 1. The van der Waals surface area contributed by atoms with Crippen molar-refractivity contribution in [2.45, 2.75) is 145 Å². The summed E-state index contributed by atoms with van der Waals surface area (Å²) in [5.41, 5.74) is 2.85. The summed E-state index contributed by atoms with van der Waals surface area (Å²) in [6.07, 6.45) is 11.8. The molecule has 6 aliphatic carbocycles. The number of fused-ring (bicyclic) bond motifs is 7. The molecule has 6 aliphatic rings. The Balaban J connectivity index is 1.02. The van der Waals surface area contributed by atoms with Crippen molar-refractivity contribution in [3.05, 3.63) is 39.9 Å². The van der Waals surface area contributed by atoms with Crippen molar-refractivity contribution < 1.29 is 33.8 Å². The van der Waals surface area contributed by atoms with Gasteiger partial charge in [0.1, 0.15) is 18.1 Å². The van der Waals surface area contributed by atoms with Gasteiger partial charge in [-0.1, -0.05) is 65.6 Å². The summed E-state index contributed by atoms with van der Waals surface area (Å²) in [5.74, 6) is 2.25. The Bertz CT molecular complexity index is 1940. The van der Waals surface area contributed by atoms with Gasteiger partial charge < -0.3 is 25.2 Å². The van der Waals surface area contributed by atoms with E-state index in [9.17, 15) is 24.3 Å². The van der Waals surface area contributed by atoms with Crippen molar-refractivity contribution in [3.63, 3.8) is 0 Å². The molecule has 0 radical (unpaired) electrons. The standard InChI is InChI=1S/C52H77ClN2O7/c1-30(2)44-40(57)28-52(21-22-54-29-48(4,5)55-46(58)35-12-11-33(53)26-41(35)62-24-23-61-10)20-16-38-34(45(44)52)13-14-43-50(38,8)19-17-42-49(6,7)32(15-18-51(42,43)9)25-39(56)36-27-37(31(36)3)47(59)60/h11-12,26,30-32,34,36-38,42-43,54H,13-25,27-29H2,1-10H3,(H,55,58)(H,59,60). The van der Waals surface area contributed by atoms with Crippen LogP contribution in [0, 0.1) is 74.9 Å². The lowest BCUT2D eigenvalue weighted by Crippen LogP contribution is -2.62. The molecule has 0 aliphatic heterocycles. The first-order valence-corrected chi connectivity index (χ1v) is 24.5. The number of Topliss-reactive ketones (excluding diaryl/α,β-unsaturated/α-hetero) is 2. The Morgan fingerprint density at radius 3 is 2.35 bits per heavy atom. The molecule has 344 valence electrons. The molecule has 11 atom stereocenters. The maximum absolute atomic E-state index is 14.1. The van der Waals surface area contributed by atoms with Crippen LogP contribution in [0.1, 0.15) is 150 Å². The Morgan fingerprint density at radius 1 is 0.952 bits per heavy atom. The van der Waals surface area contributed by atoms with E-state index in [1.165, 1.54) is 24.8 Å². The summed E-state index contributed by atoms with van der Waals surface area (Å²) in [6.45, 7) is 22.6. The third-order valence-electron chi connectivity index (χ3n) is 18.5. The van der Waals surface area contributed by atoms with E-state index in [1.54, 1.807) is 25.3 Å². The average Bonchev–Trinajstić information content (AvgIpc) is 3.49. The lowest BCUT2D eigenvalue weighted by atomic mass is 9.35. The van der Waals surface area contributed by atoms with Crippen LogP contribution < -0.4 is 15.4 Å². The van der Waals surface area contributed by atoms with Crippen LogP contribution in [0.25, 0.3) is 0 Å². The molecule has 5 fully saturated rings. The van der Waals surface area contributed by atoms with Crippen LogP contribution in [-0.4, -0.2) is 67.5 Å². The molecule has 0 saturated heterocycles. The third-order valence-corrected chi connectivity index (χ3v) is 18.7. The number of carbonyl (C=O) groups is 4. The van der Waals surface area contributed by atoms with E-state index < -0.39 is 11.5 Å². The number of rotatable bonds is 16. The fourth-order valence-corrected chi connectivity index (χ4v) is 15.5. The first kappa shape index (κ1) is 47.2. The van der Waals surface area contributed by atoms with E-state index in [-0.39, 0.29) is 51.2 Å². The summed E-state index contributed by atoms with van der Waals surface area (Å²) in [5, 5.41) is 17.0. The number of hydrogen-bond donors (Lipinski definition) is 3. The van der Waals surface area contributed by atoms with E-state index in [0.29, 0.717) is 96.5 Å². The van der Waals surface area contributed by atoms with Crippen LogP contribution in [-0.2, 0) is 19.1 Å². The molecule has 62 heavy (non-hydrogen) atoms. The quantitative estimate of drug-likeness (QED) is 0.140. The molecule has 7 rings (SSSR count). The van der Waals surface area contributed by atoms with Gasteiger partial charge in [0.05, 0.1) is 18.1 Å². The van der Waals surface area contributed by atoms with Crippen LogP contribution >= 0.6 is 11.6 Å².